The molecule has 2 aromatic heterocycles. The minimum atomic E-state index is -0.609. The molecule has 1 aliphatic heterocycles. The van der Waals surface area contributed by atoms with E-state index in [9.17, 15) is 9.18 Å². The van der Waals surface area contributed by atoms with E-state index in [4.69, 9.17) is 5.73 Å². The Bertz CT molecular complexity index is 1310. The number of nitrogens with one attached hydrogen (secondary N) is 1. The van der Waals surface area contributed by atoms with Crippen molar-refractivity contribution in [3.8, 4) is 5.82 Å². The zero-order chi connectivity index (χ0) is 22.9. The van der Waals surface area contributed by atoms with Crippen LogP contribution in [0.3, 0.4) is 0 Å². The number of para-hydroxylation sites is 1. The maximum atomic E-state index is 14.7. The first-order valence-electron chi connectivity index (χ1n) is 10.7. The molecular formula is C24H24FN7O. The summed E-state index contributed by atoms with van der Waals surface area (Å²) in [5.41, 5.74) is 8.40. The number of fused-ring (bicyclic) bond motifs is 1. The second-order valence-electron chi connectivity index (χ2n) is 8.12. The molecule has 4 aromatic rings. The van der Waals surface area contributed by atoms with Gasteiger partial charge in [0.2, 0.25) is 5.95 Å². The molecule has 168 valence electrons. The third kappa shape index (κ3) is 4.10. The van der Waals surface area contributed by atoms with E-state index in [1.54, 1.807) is 18.2 Å². The third-order valence-electron chi connectivity index (χ3n) is 5.92. The van der Waals surface area contributed by atoms with Gasteiger partial charge in [-0.05, 0) is 37.4 Å². The number of benzene rings is 2. The van der Waals surface area contributed by atoms with Gasteiger partial charge in [-0.3, -0.25) is 9.36 Å². The Hall–Kier alpha value is -3.98. The number of carbonyl (C=O) groups excluding carboxylic acids is 1. The first-order chi connectivity index (χ1) is 16.0. The van der Waals surface area contributed by atoms with Gasteiger partial charge in [-0.1, -0.05) is 18.2 Å². The van der Waals surface area contributed by atoms with Crippen molar-refractivity contribution in [2.45, 2.75) is 0 Å². The number of aromatic nitrogens is 3. The number of hydrogen-bond acceptors (Lipinski definition) is 6. The predicted molar refractivity (Wildman–Crippen MR) is 127 cm³/mol. The summed E-state index contributed by atoms with van der Waals surface area (Å²) in [4.78, 5) is 25.0. The highest BCUT2D eigenvalue weighted by Gasteiger charge is 2.18. The van der Waals surface area contributed by atoms with Gasteiger partial charge in [-0.2, -0.15) is 4.98 Å². The molecule has 9 heteroatoms. The standard InChI is InChI=1S/C24H24FN7O/c1-30-10-12-31(13-11-30)17-8-6-16(7-9-17)28-24-27-14-20(25)23(29-24)32-15-19(22(26)33)18-4-2-3-5-21(18)32/h2-9,14-15H,10-13H2,1H3,(H2,26,33)(H,27,28,29). The number of rotatable bonds is 5. The van der Waals surface area contributed by atoms with Crippen molar-refractivity contribution in [1.29, 1.82) is 0 Å². The Morgan fingerprint density at radius 2 is 1.79 bits per heavy atom. The molecular weight excluding hydrogens is 421 g/mol. The molecule has 8 nitrogen and oxygen atoms in total. The number of nitrogens with two attached hydrogens (primary N) is 1. The lowest BCUT2D eigenvalue weighted by molar-refractivity contribution is 0.100. The van der Waals surface area contributed by atoms with Crippen LogP contribution in [-0.2, 0) is 0 Å². The van der Waals surface area contributed by atoms with Crippen LogP contribution in [0, 0.1) is 5.82 Å². The van der Waals surface area contributed by atoms with Gasteiger partial charge in [0.15, 0.2) is 11.6 Å². The number of hydrogen-bond donors (Lipinski definition) is 2. The van der Waals surface area contributed by atoms with Gasteiger partial charge in [-0.25, -0.2) is 9.37 Å². The molecule has 1 fully saturated rings. The number of carbonyl (C=O) groups is 1. The van der Waals surface area contributed by atoms with E-state index in [1.165, 1.54) is 10.8 Å². The molecule has 0 atom stereocenters. The molecule has 2 aromatic carbocycles. The SMILES string of the molecule is CN1CCN(c2ccc(Nc3ncc(F)c(-n4cc(C(N)=O)c5ccccc54)n3)cc2)CC1. The van der Waals surface area contributed by atoms with Gasteiger partial charge in [0.1, 0.15) is 0 Å². The summed E-state index contributed by atoms with van der Waals surface area (Å²) in [5.74, 6) is -0.914. The third-order valence-corrected chi connectivity index (χ3v) is 5.92. The zero-order valence-corrected chi connectivity index (χ0v) is 18.2. The average molecular weight is 446 g/mol. The van der Waals surface area contributed by atoms with Crippen molar-refractivity contribution in [2.75, 3.05) is 43.4 Å². The van der Waals surface area contributed by atoms with E-state index < -0.39 is 11.7 Å². The molecule has 0 radical (unpaired) electrons. The van der Waals surface area contributed by atoms with Crippen LogP contribution >= 0.6 is 0 Å². The van der Waals surface area contributed by atoms with Gasteiger partial charge >= 0.3 is 0 Å². The Labute approximate surface area is 190 Å². The highest BCUT2D eigenvalue weighted by Crippen LogP contribution is 2.26. The lowest BCUT2D eigenvalue weighted by atomic mass is 10.2. The van der Waals surface area contributed by atoms with Crippen molar-refractivity contribution in [2.24, 2.45) is 5.73 Å². The first kappa shape index (κ1) is 20.9. The lowest BCUT2D eigenvalue weighted by Crippen LogP contribution is -2.44. The Kier molecular flexibility index (Phi) is 5.39. The Balaban J connectivity index is 1.42. The van der Waals surface area contributed by atoms with Crippen LogP contribution in [0.4, 0.5) is 21.7 Å². The van der Waals surface area contributed by atoms with Gasteiger partial charge in [-0.15, -0.1) is 0 Å². The summed E-state index contributed by atoms with van der Waals surface area (Å²) in [6.07, 6.45) is 2.62. The zero-order valence-electron chi connectivity index (χ0n) is 18.2. The monoisotopic (exact) mass is 445 g/mol. The van der Waals surface area contributed by atoms with E-state index >= 15 is 0 Å². The summed E-state index contributed by atoms with van der Waals surface area (Å²) in [6, 6.07) is 15.2. The molecule has 0 aliphatic carbocycles. The smallest absolute Gasteiger partial charge is 0.250 e. The highest BCUT2D eigenvalue weighted by molar-refractivity contribution is 6.06. The number of anilines is 3. The van der Waals surface area contributed by atoms with Crippen molar-refractivity contribution in [3.05, 3.63) is 72.3 Å². The number of amides is 1. The summed E-state index contributed by atoms with van der Waals surface area (Å²) >= 11 is 0. The predicted octanol–water partition coefficient (Wildman–Crippen LogP) is 3.15. The van der Waals surface area contributed by atoms with Crippen molar-refractivity contribution in [1.82, 2.24) is 19.4 Å². The number of piperazine rings is 1. The van der Waals surface area contributed by atoms with Crippen molar-refractivity contribution in [3.63, 3.8) is 0 Å². The molecule has 3 heterocycles. The summed E-state index contributed by atoms with van der Waals surface area (Å²) in [7, 11) is 2.13. The molecule has 0 unspecified atom stereocenters. The number of halogens is 1. The van der Waals surface area contributed by atoms with E-state index in [-0.39, 0.29) is 11.8 Å². The largest absolute Gasteiger partial charge is 0.369 e. The van der Waals surface area contributed by atoms with E-state index in [0.29, 0.717) is 16.5 Å². The summed E-state index contributed by atoms with van der Waals surface area (Å²) in [6.45, 7) is 4.06. The van der Waals surface area contributed by atoms with Crippen LogP contribution in [0.25, 0.3) is 16.7 Å². The quantitative estimate of drug-likeness (QED) is 0.490. The highest BCUT2D eigenvalue weighted by atomic mass is 19.1. The fourth-order valence-corrected chi connectivity index (χ4v) is 4.09. The lowest BCUT2D eigenvalue weighted by Gasteiger charge is -2.34. The molecule has 0 spiro atoms. The maximum absolute atomic E-state index is 14.7. The molecule has 1 saturated heterocycles. The minimum Gasteiger partial charge on any atom is -0.369 e. The van der Waals surface area contributed by atoms with E-state index in [0.717, 1.165) is 43.8 Å². The van der Waals surface area contributed by atoms with E-state index in [2.05, 4.69) is 44.3 Å². The van der Waals surface area contributed by atoms with Gasteiger partial charge < -0.3 is 20.9 Å². The minimum absolute atomic E-state index is 0.0326. The second-order valence-corrected chi connectivity index (χ2v) is 8.12. The fourth-order valence-electron chi connectivity index (χ4n) is 4.09. The van der Waals surface area contributed by atoms with Crippen LogP contribution in [-0.4, -0.2) is 58.6 Å². The van der Waals surface area contributed by atoms with Gasteiger partial charge in [0, 0.05) is 49.1 Å². The number of likely N-dealkylation sites (N-methyl/N-ethyl adjacent to an activating group) is 1. The Morgan fingerprint density at radius 3 is 2.52 bits per heavy atom. The molecule has 0 saturated carbocycles. The van der Waals surface area contributed by atoms with E-state index in [1.807, 2.05) is 18.2 Å². The molecule has 3 N–H and O–H groups in total. The number of primary amides is 1. The molecule has 1 aliphatic rings. The van der Waals surface area contributed by atoms with Crippen LogP contribution < -0.4 is 16.0 Å². The van der Waals surface area contributed by atoms with Crippen molar-refractivity contribution < 1.29 is 9.18 Å². The molecule has 5 rings (SSSR count). The van der Waals surface area contributed by atoms with Crippen LogP contribution in [0.2, 0.25) is 0 Å². The summed E-state index contributed by atoms with van der Waals surface area (Å²) < 4.78 is 16.2. The maximum Gasteiger partial charge on any atom is 0.250 e. The normalized spacial score (nSPS) is 14.5. The second kappa shape index (κ2) is 8.51. The average Bonchev–Trinajstić information content (AvgIpc) is 3.21. The number of nitrogens with zero attached hydrogens (tertiary/aromatic N) is 5. The molecule has 33 heavy (non-hydrogen) atoms. The van der Waals surface area contributed by atoms with Gasteiger partial charge in [0.05, 0.1) is 17.3 Å². The van der Waals surface area contributed by atoms with Crippen LogP contribution in [0.15, 0.2) is 60.9 Å². The fraction of sp³-hybridized carbons (Fsp3) is 0.208. The Morgan fingerprint density at radius 1 is 1.06 bits per heavy atom. The topological polar surface area (TPSA) is 92.3 Å². The van der Waals surface area contributed by atoms with Crippen LogP contribution in [0.5, 0.6) is 0 Å². The summed E-state index contributed by atoms with van der Waals surface area (Å²) in [5, 5.41) is 3.77. The first-order valence-corrected chi connectivity index (χ1v) is 10.7. The molecule has 0 bridgehead atoms. The molecule has 1 amide bonds. The van der Waals surface area contributed by atoms with Crippen LogP contribution in [0.1, 0.15) is 10.4 Å². The van der Waals surface area contributed by atoms with Crippen molar-refractivity contribution >= 4 is 34.1 Å². The van der Waals surface area contributed by atoms with Gasteiger partial charge in [0.25, 0.3) is 5.91 Å².